The fourth-order valence-corrected chi connectivity index (χ4v) is 8.30. The van der Waals surface area contributed by atoms with E-state index in [9.17, 15) is 0 Å². The Kier molecular flexibility index (Phi) is 4.88. The monoisotopic (exact) mass is 570 g/mol. The lowest BCUT2D eigenvalue weighted by Crippen LogP contribution is -2.23. The topological polar surface area (TPSA) is 0 Å². The van der Waals surface area contributed by atoms with Crippen molar-refractivity contribution in [3.05, 3.63) is 157 Å². The number of hydrogen-bond acceptors (Lipinski definition) is 0. The summed E-state index contributed by atoms with van der Waals surface area (Å²) in [4.78, 5) is 0. The Balaban J connectivity index is 1.13. The van der Waals surface area contributed by atoms with E-state index in [4.69, 9.17) is 0 Å². The van der Waals surface area contributed by atoms with Crippen LogP contribution in [0.4, 0.5) is 0 Å². The van der Waals surface area contributed by atoms with E-state index in [2.05, 4.69) is 159 Å². The highest BCUT2D eigenvalue weighted by molar-refractivity contribution is 6.25. The highest BCUT2D eigenvalue weighted by Crippen LogP contribution is 2.49. The molecule has 0 aromatic heterocycles. The standard InChI is InChI=1S/C45H30/c1-45(2)40-23-20-33(26-39(40)37-10-4-8-28-9-5-11-41(45)43(28)37)32-16-12-27-13-17-34(25-35(27)24-32)36-21-18-31-15-14-29-6-3-7-30-19-22-38(36)44(31)42(29)30/h3-26H,1-2H3. The second-order valence-corrected chi connectivity index (χ2v) is 13.3. The van der Waals surface area contributed by atoms with Crippen LogP contribution in [0.15, 0.2) is 146 Å². The summed E-state index contributed by atoms with van der Waals surface area (Å²) in [7, 11) is 0. The molecule has 1 aliphatic rings. The fraction of sp³-hybridized carbons (Fsp3) is 0.0667. The molecule has 0 bridgehead atoms. The van der Waals surface area contributed by atoms with Crippen LogP contribution >= 0.6 is 0 Å². The van der Waals surface area contributed by atoms with Crippen LogP contribution in [-0.4, -0.2) is 0 Å². The zero-order chi connectivity index (χ0) is 29.9. The number of fused-ring (bicyclic) bond motifs is 3. The highest BCUT2D eigenvalue weighted by Gasteiger charge is 2.33. The van der Waals surface area contributed by atoms with Crippen molar-refractivity contribution in [3.8, 4) is 33.4 Å². The van der Waals surface area contributed by atoms with Gasteiger partial charge in [0.15, 0.2) is 0 Å². The van der Waals surface area contributed by atoms with Crippen molar-refractivity contribution >= 4 is 53.9 Å². The van der Waals surface area contributed by atoms with Gasteiger partial charge in [0.1, 0.15) is 0 Å². The molecule has 1 aliphatic carbocycles. The molecular weight excluding hydrogens is 540 g/mol. The first-order valence-corrected chi connectivity index (χ1v) is 15.9. The maximum Gasteiger partial charge on any atom is 0.0159 e. The van der Waals surface area contributed by atoms with E-state index in [0.717, 1.165) is 0 Å². The van der Waals surface area contributed by atoms with E-state index < -0.39 is 0 Å². The van der Waals surface area contributed by atoms with E-state index in [-0.39, 0.29) is 5.41 Å². The molecule has 0 nitrogen and oxygen atoms in total. The quantitative estimate of drug-likeness (QED) is 0.181. The van der Waals surface area contributed by atoms with Crippen molar-refractivity contribution in [1.29, 1.82) is 0 Å². The summed E-state index contributed by atoms with van der Waals surface area (Å²) in [5.74, 6) is 0. The molecule has 9 aromatic carbocycles. The van der Waals surface area contributed by atoms with Gasteiger partial charge in [-0.15, -0.1) is 0 Å². The minimum atomic E-state index is -0.0549. The molecular formula is C45H30. The van der Waals surface area contributed by atoms with Crippen molar-refractivity contribution in [3.63, 3.8) is 0 Å². The molecule has 0 atom stereocenters. The Morgan fingerprint density at radius 1 is 0.333 bits per heavy atom. The average Bonchev–Trinajstić information content (AvgIpc) is 3.09. The van der Waals surface area contributed by atoms with Gasteiger partial charge in [0.05, 0.1) is 0 Å². The number of hydrogen-bond donors (Lipinski definition) is 0. The van der Waals surface area contributed by atoms with Crippen LogP contribution in [0.2, 0.25) is 0 Å². The van der Waals surface area contributed by atoms with Gasteiger partial charge in [-0.3, -0.25) is 0 Å². The molecule has 10 rings (SSSR count). The predicted molar refractivity (Wildman–Crippen MR) is 194 cm³/mol. The van der Waals surface area contributed by atoms with Gasteiger partial charge in [-0.05, 0) is 117 Å². The predicted octanol–water partition coefficient (Wildman–Crippen LogP) is 12.5. The van der Waals surface area contributed by atoms with Gasteiger partial charge in [-0.1, -0.05) is 141 Å². The lowest BCUT2D eigenvalue weighted by atomic mass is 9.68. The van der Waals surface area contributed by atoms with E-state index in [1.807, 2.05) is 0 Å². The minimum Gasteiger partial charge on any atom is -0.0613 e. The van der Waals surface area contributed by atoms with Crippen molar-refractivity contribution in [2.24, 2.45) is 0 Å². The lowest BCUT2D eigenvalue weighted by Gasteiger charge is -2.35. The SMILES string of the molecule is CC1(C)c2ccc(-c3ccc4ccc(-c5ccc6ccc7cccc8ccc5c6c78)cc4c3)cc2-c2cccc3cccc1c23. The van der Waals surface area contributed by atoms with Gasteiger partial charge >= 0.3 is 0 Å². The molecule has 0 unspecified atom stereocenters. The molecule has 0 amide bonds. The molecule has 0 saturated carbocycles. The van der Waals surface area contributed by atoms with Crippen LogP contribution in [-0.2, 0) is 5.41 Å². The van der Waals surface area contributed by atoms with Crippen LogP contribution in [0, 0.1) is 0 Å². The Morgan fingerprint density at radius 3 is 1.73 bits per heavy atom. The zero-order valence-corrected chi connectivity index (χ0v) is 25.4. The van der Waals surface area contributed by atoms with Crippen molar-refractivity contribution in [1.82, 2.24) is 0 Å². The normalized spacial score (nSPS) is 13.7. The Labute approximate surface area is 262 Å². The van der Waals surface area contributed by atoms with Crippen LogP contribution < -0.4 is 0 Å². The first-order chi connectivity index (χ1) is 22.0. The molecule has 0 saturated heterocycles. The first-order valence-electron chi connectivity index (χ1n) is 15.9. The van der Waals surface area contributed by atoms with E-state index in [1.54, 1.807) is 0 Å². The summed E-state index contributed by atoms with van der Waals surface area (Å²) >= 11 is 0. The third-order valence-electron chi connectivity index (χ3n) is 10.6. The average molecular weight is 571 g/mol. The summed E-state index contributed by atoms with van der Waals surface area (Å²) in [5, 5.41) is 13.2. The van der Waals surface area contributed by atoms with Crippen LogP contribution in [0.5, 0.6) is 0 Å². The maximum absolute atomic E-state index is 2.42. The van der Waals surface area contributed by atoms with Crippen molar-refractivity contribution in [2.45, 2.75) is 19.3 Å². The minimum absolute atomic E-state index is 0.0549. The summed E-state index contributed by atoms with van der Waals surface area (Å²) in [6.45, 7) is 4.74. The van der Waals surface area contributed by atoms with Gasteiger partial charge in [0.25, 0.3) is 0 Å². The van der Waals surface area contributed by atoms with Crippen LogP contribution in [0.3, 0.4) is 0 Å². The van der Waals surface area contributed by atoms with Gasteiger partial charge in [-0.25, -0.2) is 0 Å². The van der Waals surface area contributed by atoms with Crippen molar-refractivity contribution < 1.29 is 0 Å². The Morgan fingerprint density at radius 2 is 0.911 bits per heavy atom. The van der Waals surface area contributed by atoms with Gasteiger partial charge in [-0.2, -0.15) is 0 Å². The van der Waals surface area contributed by atoms with E-state index in [1.165, 1.54) is 98.4 Å². The Hall–Kier alpha value is -5.46. The van der Waals surface area contributed by atoms with E-state index in [0.29, 0.717) is 0 Å². The molecule has 45 heavy (non-hydrogen) atoms. The summed E-state index contributed by atoms with van der Waals surface area (Å²) < 4.78 is 0. The largest absolute Gasteiger partial charge is 0.0613 e. The second kappa shape index (κ2) is 8.80. The molecule has 0 heteroatoms. The summed E-state index contributed by atoms with van der Waals surface area (Å²) in [5.41, 5.74) is 10.5. The molecule has 0 fully saturated rings. The zero-order valence-electron chi connectivity index (χ0n) is 25.4. The highest BCUT2D eigenvalue weighted by atomic mass is 14.4. The number of benzene rings is 9. The molecule has 0 spiro atoms. The molecule has 0 aliphatic heterocycles. The molecule has 0 heterocycles. The molecule has 0 radical (unpaired) electrons. The fourth-order valence-electron chi connectivity index (χ4n) is 8.30. The molecule has 9 aromatic rings. The molecule has 210 valence electrons. The van der Waals surface area contributed by atoms with Crippen LogP contribution in [0.25, 0.3) is 87.2 Å². The third-order valence-corrected chi connectivity index (χ3v) is 10.6. The van der Waals surface area contributed by atoms with E-state index >= 15 is 0 Å². The van der Waals surface area contributed by atoms with Gasteiger partial charge in [0.2, 0.25) is 0 Å². The Bertz CT molecular complexity index is 2650. The maximum atomic E-state index is 2.42. The molecule has 0 N–H and O–H groups in total. The van der Waals surface area contributed by atoms with Gasteiger partial charge < -0.3 is 0 Å². The lowest BCUT2D eigenvalue weighted by molar-refractivity contribution is 0.645. The summed E-state index contributed by atoms with van der Waals surface area (Å²) in [6, 6.07) is 54.8. The van der Waals surface area contributed by atoms with Crippen LogP contribution in [0.1, 0.15) is 25.0 Å². The third kappa shape index (κ3) is 3.43. The number of rotatable bonds is 2. The first kappa shape index (κ1) is 24.9. The summed E-state index contributed by atoms with van der Waals surface area (Å²) in [6.07, 6.45) is 0. The smallest absolute Gasteiger partial charge is 0.0159 e. The second-order valence-electron chi connectivity index (χ2n) is 13.3. The van der Waals surface area contributed by atoms with Gasteiger partial charge in [0, 0.05) is 5.41 Å². The van der Waals surface area contributed by atoms with Crippen molar-refractivity contribution in [2.75, 3.05) is 0 Å².